The molecule has 0 aromatic heterocycles. The Bertz CT molecular complexity index is 237. The maximum atomic E-state index is 12.2. The number of unbranched alkanes of at least 4 members (excludes halogenated alkanes) is 1. The molecule has 1 rings (SSSR count). The van der Waals surface area contributed by atoms with E-state index in [2.05, 4.69) is 33.0 Å². The smallest absolute Gasteiger partial charge is 0.223 e. The summed E-state index contributed by atoms with van der Waals surface area (Å²) in [5.74, 6) is 2.50. The fraction of sp³-hybridized carbons (Fsp3) is 0.933. The Morgan fingerprint density at radius 3 is 2.65 bits per heavy atom. The summed E-state index contributed by atoms with van der Waals surface area (Å²) in [6.45, 7) is 9.81. The quantitative estimate of drug-likeness (QED) is 0.730. The van der Waals surface area contributed by atoms with Gasteiger partial charge in [0.1, 0.15) is 0 Å². The third-order valence-corrected chi connectivity index (χ3v) is 4.19. The summed E-state index contributed by atoms with van der Waals surface area (Å²) in [5.41, 5.74) is 0. The van der Waals surface area contributed by atoms with Crippen LogP contribution in [-0.2, 0) is 4.79 Å². The molecule has 17 heavy (non-hydrogen) atoms. The van der Waals surface area contributed by atoms with E-state index in [4.69, 9.17) is 0 Å². The molecule has 0 aromatic rings. The third-order valence-electron chi connectivity index (χ3n) is 4.19. The molecule has 1 saturated carbocycles. The molecule has 100 valence electrons. The fourth-order valence-corrected chi connectivity index (χ4v) is 3.02. The Kier molecular flexibility index (Phi) is 6.01. The Morgan fingerprint density at radius 1 is 1.35 bits per heavy atom. The molecule has 3 unspecified atom stereocenters. The molecule has 0 bridgehead atoms. The minimum absolute atomic E-state index is 0.260. The zero-order valence-electron chi connectivity index (χ0n) is 12.0. The lowest BCUT2D eigenvalue weighted by molar-refractivity contribution is -0.129. The van der Waals surface area contributed by atoms with E-state index in [9.17, 15) is 4.79 Å². The first kappa shape index (κ1) is 14.5. The summed E-state index contributed by atoms with van der Waals surface area (Å²) in [5, 5.41) is 3.12. The summed E-state index contributed by atoms with van der Waals surface area (Å²) in [4.78, 5) is 12.2. The van der Waals surface area contributed by atoms with Crippen LogP contribution in [0.3, 0.4) is 0 Å². The van der Waals surface area contributed by atoms with Crippen molar-refractivity contribution in [3.8, 4) is 0 Å². The minimum atomic E-state index is 0.260. The average Bonchev–Trinajstić information content (AvgIpc) is 2.28. The monoisotopic (exact) mass is 239 g/mol. The lowest BCUT2D eigenvalue weighted by Crippen LogP contribution is -2.40. The van der Waals surface area contributed by atoms with Crippen molar-refractivity contribution in [3.63, 3.8) is 0 Å². The van der Waals surface area contributed by atoms with E-state index >= 15 is 0 Å². The van der Waals surface area contributed by atoms with Crippen molar-refractivity contribution in [1.82, 2.24) is 5.32 Å². The van der Waals surface area contributed by atoms with Crippen LogP contribution < -0.4 is 5.32 Å². The maximum Gasteiger partial charge on any atom is 0.223 e. The van der Waals surface area contributed by atoms with Crippen LogP contribution in [0.4, 0.5) is 0 Å². The summed E-state index contributed by atoms with van der Waals surface area (Å²) in [6.07, 6.45) is 5.85. The van der Waals surface area contributed by atoms with Crippen LogP contribution in [0.2, 0.25) is 0 Å². The first-order chi connectivity index (χ1) is 8.06. The van der Waals surface area contributed by atoms with Gasteiger partial charge in [0.05, 0.1) is 0 Å². The Labute approximate surface area is 107 Å². The predicted molar refractivity (Wildman–Crippen MR) is 72.8 cm³/mol. The summed E-state index contributed by atoms with van der Waals surface area (Å²) in [6, 6.07) is 0. The summed E-state index contributed by atoms with van der Waals surface area (Å²) in [7, 11) is 0. The van der Waals surface area contributed by atoms with Gasteiger partial charge in [0.25, 0.3) is 0 Å². The van der Waals surface area contributed by atoms with Crippen LogP contribution in [0.5, 0.6) is 0 Å². The second-order valence-corrected chi connectivity index (χ2v) is 6.08. The van der Waals surface area contributed by atoms with E-state index in [-0.39, 0.29) is 5.92 Å². The number of carbonyl (C=O) groups is 1. The van der Waals surface area contributed by atoms with Gasteiger partial charge >= 0.3 is 0 Å². The van der Waals surface area contributed by atoms with Crippen LogP contribution in [0.25, 0.3) is 0 Å². The number of nitrogens with one attached hydrogen (secondary N) is 1. The zero-order chi connectivity index (χ0) is 12.8. The van der Waals surface area contributed by atoms with E-state index in [0.29, 0.717) is 23.7 Å². The van der Waals surface area contributed by atoms with Crippen molar-refractivity contribution in [2.75, 3.05) is 6.54 Å². The molecule has 0 aliphatic heterocycles. The van der Waals surface area contributed by atoms with Gasteiger partial charge in [-0.15, -0.1) is 0 Å². The molecule has 0 radical (unpaired) electrons. The summed E-state index contributed by atoms with van der Waals surface area (Å²) < 4.78 is 0. The molecule has 3 atom stereocenters. The molecule has 1 aliphatic carbocycles. The van der Waals surface area contributed by atoms with Crippen molar-refractivity contribution in [2.24, 2.45) is 23.7 Å². The lowest BCUT2D eigenvalue weighted by Gasteiger charge is -2.36. The molecule has 0 aromatic carbocycles. The second kappa shape index (κ2) is 7.03. The number of hydrogen-bond donors (Lipinski definition) is 1. The van der Waals surface area contributed by atoms with E-state index in [1.807, 2.05) is 0 Å². The molecule has 1 N–H and O–H groups in total. The number of amides is 1. The van der Waals surface area contributed by atoms with Crippen molar-refractivity contribution in [2.45, 2.75) is 59.8 Å². The number of hydrogen-bond acceptors (Lipinski definition) is 1. The highest BCUT2D eigenvalue weighted by Crippen LogP contribution is 2.37. The fourth-order valence-electron chi connectivity index (χ4n) is 3.02. The van der Waals surface area contributed by atoms with Gasteiger partial charge in [0, 0.05) is 12.5 Å². The van der Waals surface area contributed by atoms with Gasteiger partial charge in [0.2, 0.25) is 5.91 Å². The van der Waals surface area contributed by atoms with Gasteiger partial charge in [-0.2, -0.15) is 0 Å². The number of carbonyl (C=O) groups excluding carboxylic acids is 1. The van der Waals surface area contributed by atoms with E-state index < -0.39 is 0 Å². The Balaban J connectivity index is 2.53. The van der Waals surface area contributed by atoms with E-state index in [1.54, 1.807) is 0 Å². The van der Waals surface area contributed by atoms with Gasteiger partial charge < -0.3 is 5.32 Å². The van der Waals surface area contributed by atoms with Gasteiger partial charge in [0.15, 0.2) is 0 Å². The molecular formula is C15H29NO. The first-order valence-corrected chi connectivity index (χ1v) is 7.34. The largest absolute Gasteiger partial charge is 0.356 e. The standard InChI is InChI=1S/C15H29NO/c1-5-6-9-16-15(17)14-10-12(4)7-8-13(14)11(2)3/h11-14H,5-10H2,1-4H3,(H,16,17). The highest BCUT2D eigenvalue weighted by molar-refractivity contribution is 5.79. The van der Waals surface area contributed by atoms with Crippen molar-refractivity contribution >= 4 is 5.91 Å². The van der Waals surface area contributed by atoms with E-state index in [1.165, 1.54) is 12.8 Å². The van der Waals surface area contributed by atoms with Crippen LogP contribution in [0.15, 0.2) is 0 Å². The molecule has 0 spiro atoms. The molecule has 0 saturated heterocycles. The van der Waals surface area contributed by atoms with Gasteiger partial charge in [-0.3, -0.25) is 4.79 Å². The van der Waals surface area contributed by atoms with Gasteiger partial charge in [-0.25, -0.2) is 0 Å². The molecular weight excluding hydrogens is 210 g/mol. The second-order valence-electron chi connectivity index (χ2n) is 6.08. The third kappa shape index (κ3) is 4.33. The van der Waals surface area contributed by atoms with Crippen LogP contribution >= 0.6 is 0 Å². The first-order valence-electron chi connectivity index (χ1n) is 7.34. The molecule has 2 heteroatoms. The zero-order valence-corrected chi connectivity index (χ0v) is 12.0. The Hall–Kier alpha value is -0.530. The SMILES string of the molecule is CCCCNC(=O)C1CC(C)CCC1C(C)C. The summed E-state index contributed by atoms with van der Waals surface area (Å²) >= 11 is 0. The van der Waals surface area contributed by atoms with Gasteiger partial charge in [-0.05, 0) is 37.0 Å². The van der Waals surface area contributed by atoms with Crippen molar-refractivity contribution in [1.29, 1.82) is 0 Å². The van der Waals surface area contributed by atoms with E-state index in [0.717, 1.165) is 25.8 Å². The molecule has 1 fully saturated rings. The topological polar surface area (TPSA) is 29.1 Å². The predicted octanol–water partition coefficient (Wildman–Crippen LogP) is 3.61. The molecule has 1 amide bonds. The molecule has 1 aliphatic rings. The highest BCUT2D eigenvalue weighted by atomic mass is 16.1. The lowest BCUT2D eigenvalue weighted by atomic mass is 9.70. The van der Waals surface area contributed by atoms with Crippen LogP contribution in [0, 0.1) is 23.7 Å². The molecule has 2 nitrogen and oxygen atoms in total. The maximum absolute atomic E-state index is 12.2. The van der Waals surface area contributed by atoms with Crippen LogP contribution in [-0.4, -0.2) is 12.5 Å². The minimum Gasteiger partial charge on any atom is -0.356 e. The highest BCUT2D eigenvalue weighted by Gasteiger charge is 2.34. The van der Waals surface area contributed by atoms with Crippen molar-refractivity contribution < 1.29 is 4.79 Å². The van der Waals surface area contributed by atoms with Gasteiger partial charge in [-0.1, -0.05) is 40.5 Å². The van der Waals surface area contributed by atoms with Crippen molar-refractivity contribution in [3.05, 3.63) is 0 Å². The molecule has 0 heterocycles. The van der Waals surface area contributed by atoms with Crippen LogP contribution in [0.1, 0.15) is 59.8 Å². The Morgan fingerprint density at radius 2 is 2.06 bits per heavy atom. The average molecular weight is 239 g/mol. The number of rotatable bonds is 5. The normalized spacial score (nSPS) is 29.4.